The van der Waals surface area contributed by atoms with Crippen LogP contribution < -0.4 is 4.90 Å². The summed E-state index contributed by atoms with van der Waals surface area (Å²) in [5.41, 5.74) is 8.30. The normalized spacial score (nSPS) is 14.4. The molecule has 1 amide bonds. The summed E-state index contributed by atoms with van der Waals surface area (Å²) in [5, 5.41) is 2.44. The lowest BCUT2D eigenvalue weighted by Crippen LogP contribution is -2.46. The van der Waals surface area contributed by atoms with Crippen LogP contribution in [0.2, 0.25) is 0 Å². The molecule has 1 aromatic heterocycles. The number of nitrogens with zero attached hydrogens (tertiary/aromatic N) is 3. The molecule has 0 radical (unpaired) electrons. The molecule has 5 aromatic rings. The molecule has 1 unspecified atom stereocenters. The largest absolute Gasteiger partial charge is 0.341 e. The quantitative estimate of drug-likeness (QED) is 0.129. The molecular weight excluding hydrogens is 538 g/mol. The van der Waals surface area contributed by atoms with Gasteiger partial charge in [-0.2, -0.15) is 0 Å². The van der Waals surface area contributed by atoms with Crippen molar-refractivity contribution in [1.29, 1.82) is 0 Å². The van der Waals surface area contributed by atoms with Crippen LogP contribution >= 0.6 is 0 Å². The maximum atomic E-state index is 14.6. The molecule has 0 saturated carbocycles. The Kier molecular flexibility index (Phi) is 9.35. The zero-order valence-electron chi connectivity index (χ0n) is 26.8. The average molecular weight is 586 g/mol. The molecule has 44 heavy (non-hydrogen) atoms. The highest BCUT2D eigenvalue weighted by molar-refractivity contribution is 6.10. The molecule has 228 valence electrons. The van der Waals surface area contributed by atoms with Crippen LogP contribution in [0.3, 0.4) is 0 Å². The van der Waals surface area contributed by atoms with Gasteiger partial charge in [0.1, 0.15) is 6.04 Å². The number of aryl methyl sites for hydroxylation is 1. The summed E-state index contributed by atoms with van der Waals surface area (Å²) in [5.74, 6) is 0.277. The lowest BCUT2D eigenvalue weighted by atomic mass is 10.1. The number of carbonyl (C=O) groups excluding carboxylic acids is 1. The van der Waals surface area contributed by atoms with Crippen molar-refractivity contribution in [2.24, 2.45) is 0 Å². The van der Waals surface area contributed by atoms with Crippen molar-refractivity contribution in [2.75, 3.05) is 18.0 Å². The molecule has 4 heteroatoms. The topological polar surface area (TPSA) is 28.5 Å². The number of hydrogen-bond acceptors (Lipinski definition) is 2. The third-order valence-electron chi connectivity index (χ3n) is 9.33. The number of para-hydroxylation sites is 2. The number of anilines is 2. The van der Waals surface area contributed by atoms with Gasteiger partial charge in [0.2, 0.25) is 5.91 Å². The number of aromatic nitrogens is 1. The van der Waals surface area contributed by atoms with Crippen molar-refractivity contribution in [1.82, 2.24) is 9.47 Å². The van der Waals surface area contributed by atoms with E-state index in [1.54, 1.807) is 0 Å². The van der Waals surface area contributed by atoms with E-state index in [0.29, 0.717) is 0 Å². The first-order valence-corrected chi connectivity index (χ1v) is 16.9. The molecule has 0 saturated heterocycles. The molecular formula is C40H47N3O. The summed E-state index contributed by atoms with van der Waals surface area (Å²) in [6.07, 6.45) is 10.2. The molecule has 0 spiro atoms. The minimum absolute atomic E-state index is 0.232. The Labute approximate surface area is 263 Å². The minimum Gasteiger partial charge on any atom is -0.341 e. The van der Waals surface area contributed by atoms with Crippen LogP contribution in [-0.2, 0) is 11.2 Å². The predicted octanol–water partition coefficient (Wildman–Crippen LogP) is 10.1. The van der Waals surface area contributed by atoms with Crippen LogP contribution in [0.15, 0.2) is 91.0 Å². The zero-order chi connectivity index (χ0) is 30.5. The van der Waals surface area contributed by atoms with Gasteiger partial charge in [0.15, 0.2) is 0 Å². The van der Waals surface area contributed by atoms with Crippen LogP contribution in [0, 0.1) is 6.92 Å². The van der Waals surface area contributed by atoms with E-state index in [2.05, 4.69) is 126 Å². The summed E-state index contributed by atoms with van der Waals surface area (Å²) in [6.45, 7) is 8.36. The second-order valence-corrected chi connectivity index (χ2v) is 12.6. The maximum Gasteiger partial charge on any atom is 0.246 e. The third-order valence-corrected chi connectivity index (χ3v) is 9.33. The molecule has 4 aromatic carbocycles. The highest BCUT2D eigenvalue weighted by atomic mass is 16.2. The smallest absolute Gasteiger partial charge is 0.246 e. The Balaban J connectivity index is 1.41. The molecule has 6 rings (SSSR count). The number of fused-ring (bicyclic) bond motifs is 4. The Morgan fingerprint density at radius 2 is 1.39 bits per heavy atom. The number of unbranched alkanes of at least 4 members (excludes halogenated alkanes) is 6. The maximum absolute atomic E-state index is 14.6. The lowest BCUT2D eigenvalue weighted by Gasteiger charge is -2.32. The predicted molar refractivity (Wildman–Crippen MR) is 186 cm³/mol. The Morgan fingerprint density at radius 1 is 0.705 bits per heavy atom. The van der Waals surface area contributed by atoms with Crippen LogP contribution in [0.1, 0.15) is 76.3 Å². The van der Waals surface area contributed by atoms with Crippen LogP contribution in [0.25, 0.3) is 27.5 Å². The summed E-state index contributed by atoms with van der Waals surface area (Å²) >= 11 is 0. The lowest BCUT2D eigenvalue weighted by molar-refractivity contribution is -0.132. The van der Waals surface area contributed by atoms with Gasteiger partial charge in [-0.25, -0.2) is 0 Å². The number of amides is 1. The first kappa shape index (κ1) is 30.0. The van der Waals surface area contributed by atoms with Crippen molar-refractivity contribution in [2.45, 2.75) is 84.6 Å². The van der Waals surface area contributed by atoms with E-state index in [-0.39, 0.29) is 11.9 Å². The molecule has 0 aliphatic carbocycles. The van der Waals surface area contributed by atoms with Gasteiger partial charge in [0.05, 0.1) is 11.0 Å². The molecule has 1 atom stereocenters. The molecule has 1 aliphatic heterocycles. The van der Waals surface area contributed by atoms with Crippen molar-refractivity contribution in [3.05, 3.63) is 102 Å². The average Bonchev–Trinajstić information content (AvgIpc) is 3.59. The second kappa shape index (κ2) is 13.7. The van der Waals surface area contributed by atoms with E-state index in [9.17, 15) is 4.79 Å². The fourth-order valence-electron chi connectivity index (χ4n) is 7.06. The highest BCUT2D eigenvalue weighted by Crippen LogP contribution is 2.42. The Bertz CT molecular complexity index is 1710. The Hall–Kier alpha value is -4.05. The van der Waals surface area contributed by atoms with Crippen LogP contribution in [0.5, 0.6) is 0 Å². The van der Waals surface area contributed by atoms with E-state index in [0.717, 1.165) is 49.4 Å². The van der Waals surface area contributed by atoms with E-state index >= 15 is 0 Å². The monoisotopic (exact) mass is 585 g/mol. The van der Waals surface area contributed by atoms with E-state index in [4.69, 9.17) is 0 Å². The first-order valence-electron chi connectivity index (χ1n) is 16.9. The first-order chi connectivity index (χ1) is 21.6. The number of carbonyl (C=O) groups is 1. The fraction of sp³-hybridized carbons (Fsp3) is 0.375. The summed E-state index contributed by atoms with van der Waals surface area (Å²) in [6, 6.07) is 32.5. The molecule has 0 bridgehead atoms. The van der Waals surface area contributed by atoms with Crippen molar-refractivity contribution in [3.63, 3.8) is 0 Å². The van der Waals surface area contributed by atoms with Crippen LogP contribution in [-0.4, -0.2) is 34.5 Å². The minimum atomic E-state index is -0.232. The van der Waals surface area contributed by atoms with Gasteiger partial charge in [-0.1, -0.05) is 106 Å². The Morgan fingerprint density at radius 3 is 2.11 bits per heavy atom. The van der Waals surface area contributed by atoms with Crippen molar-refractivity contribution in [3.8, 4) is 5.69 Å². The molecule has 1 aliphatic rings. The van der Waals surface area contributed by atoms with Crippen molar-refractivity contribution < 1.29 is 4.79 Å². The van der Waals surface area contributed by atoms with Gasteiger partial charge in [-0.15, -0.1) is 0 Å². The van der Waals surface area contributed by atoms with Gasteiger partial charge >= 0.3 is 0 Å². The number of rotatable bonds is 13. The van der Waals surface area contributed by atoms with Crippen LogP contribution in [0.4, 0.5) is 11.4 Å². The van der Waals surface area contributed by atoms with E-state index < -0.39 is 0 Å². The van der Waals surface area contributed by atoms with Gasteiger partial charge in [0, 0.05) is 47.3 Å². The van der Waals surface area contributed by atoms with Gasteiger partial charge in [-0.3, -0.25) is 4.79 Å². The van der Waals surface area contributed by atoms with Gasteiger partial charge < -0.3 is 14.4 Å². The SMILES string of the molecule is CCCCCCN(CCCCCC)C(=O)C1Cc2cc(C)ccc2N1c1ccc2c(c1)c1ccccc1n2-c1ccccc1. The summed E-state index contributed by atoms with van der Waals surface area (Å²) < 4.78 is 2.35. The van der Waals surface area contributed by atoms with E-state index in [1.165, 1.54) is 71.5 Å². The summed E-state index contributed by atoms with van der Waals surface area (Å²) in [7, 11) is 0. The number of benzene rings is 4. The van der Waals surface area contributed by atoms with Gasteiger partial charge in [-0.05, 0) is 67.8 Å². The fourth-order valence-corrected chi connectivity index (χ4v) is 7.06. The molecule has 0 fully saturated rings. The zero-order valence-corrected chi connectivity index (χ0v) is 26.8. The molecule has 4 nitrogen and oxygen atoms in total. The highest BCUT2D eigenvalue weighted by Gasteiger charge is 2.38. The molecule has 2 heterocycles. The summed E-state index contributed by atoms with van der Waals surface area (Å²) in [4.78, 5) is 19.1. The standard InChI is InChI=1S/C40H47N3O/c1-4-6-8-15-25-41(26-16-9-7-5-2)40(44)39-28-31-27-30(3)21-23-36(31)43(39)33-22-24-38-35(29-33)34-19-13-14-20-37(34)42(38)32-17-11-10-12-18-32/h10-14,17-24,27,29,39H,4-9,15-16,25-26,28H2,1-3H3. The van der Waals surface area contributed by atoms with E-state index in [1.807, 2.05) is 0 Å². The second-order valence-electron chi connectivity index (χ2n) is 12.6. The van der Waals surface area contributed by atoms with Crippen molar-refractivity contribution >= 4 is 39.1 Å². The number of hydrogen-bond donors (Lipinski definition) is 0. The third kappa shape index (κ3) is 6.00. The van der Waals surface area contributed by atoms with Gasteiger partial charge in [0.25, 0.3) is 0 Å². The molecule has 0 N–H and O–H groups in total.